The third-order valence-electron chi connectivity index (χ3n) is 4.88. The van der Waals surface area contributed by atoms with E-state index < -0.39 is 10.0 Å². The minimum Gasteiger partial charge on any atom is -0.352 e. The molecule has 3 aromatic heterocycles. The summed E-state index contributed by atoms with van der Waals surface area (Å²) in [7, 11) is -3.57. The van der Waals surface area contributed by atoms with Crippen molar-refractivity contribution in [2.45, 2.75) is 17.7 Å². The van der Waals surface area contributed by atoms with Crippen molar-refractivity contribution in [3.05, 3.63) is 53.5 Å². The minimum atomic E-state index is -3.57. The standard InChI is InChI=1S/C20H23N7O3S2/c1-15(28)22-14-16-5-8-20(31-16)32(29,30)27-12-10-26(11-13-27)19-7-6-18(24-25-19)23-17-4-2-3-9-21-17/h2-9H,10-14H2,1H3,(H,22,28)(H,21,23,24). The fraction of sp³-hybridized carbons (Fsp3) is 0.300. The number of pyridine rings is 1. The van der Waals surface area contributed by atoms with Crippen LogP contribution in [0, 0.1) is 0 Å². The van der Waals surface area contributed by atoms with Crippen molar-refractivity contribution in [1.82, 2.24) is 24.8 Å². The van der Waals surface area contributed by atoms with Crippen LogP contribution in [0.1, 0.15) is 11.8 Å². The SMILES string of the molecule is CC(=O)NCc1ccc(S(=O)(=O)N2CCN(c3ccc(Nc4ccccn4)nn3)CC2)s1. The molecule has 1 aliphatic rings. The van der Waals surface area contributed by atoms with Gasteiger partial charge in [-0.1, -0.05) is 6.07 Å². The molecule has 0 atom stereocenters. The Hall–Kier alpha value is -3.09. The molecule has 1 fully saturated rings. The largest absolute Gasteiger partial charge is 0.352 e. The summed E-state index contributed by atoms with van der Waals surface area (Å²) in [6.07, 6.45) is 1.69. The molecule has 0 bridgehead atoms. The van der Waals surface area contributed by atoms with Crippen LogP contribution in [0.15, 0.2) is 52.9 Å². The molecule has 0 spiro atoms. The summed E-state index contributed by atoms with van der Waals surface area (Å²) in [5, 5.41) is 14.2. The van der Waals surface area contributed by atoms with E-state index in [4.69, 9.17) is 0 Å². The van der Waals surface area contributed by atoms with Gasteiger partial charge in [0, 0.05) is 44.2 Å². The number of piperazine rings is 1. The number of amides is 1. The molecule has 0 saturated carbocycles. The van der Waals surface area contributed by atoms with Crippen molar-refractivity contribution in [3.63, 3.8) is 0 Å². The van der Waals surface area contributed by atoms with Gasteiger partial charge in [0.25, 0.3) is 10.0 Å². The first-order valence-corrected chi connectivity index (χ1v) is 12.3. The number of carbonyl (C=O) groups excluding carboxylic acids is 1. The van der Waals surface area contributed by atoms with E-state index in [1.807, 2.05) is 35.2 Å². The van der Waals surface area contributed by atoms with Gasteiger partial charge in [0.2, 0.25) is 5.91 Å². The predicted octanol–water partition coefficient (Wildman–Crippen LogP) is 1.82. The molecule has 2 N–H and O–H groups in total. The number of thiophene rings is 1. The number of anilines is 3. The fourth-order valence-electron chi connectivity index (χ4n) is 3.22. The monoisotopic (exact) mass is 473 g/mol. The summed E-state index contributed by atoms with van der Waals surface area (Å²) in [6, 6.07) is 12.6. The Labute approximate surface area is 190 Å². The van der Waals surface area contributed by atoms with Gasteiger partial charge in [0.15, 0.2) is 11.6 Å². The number of rotatable bonds is 7. The molecule has 168 valence electrons. The van der Waals surface area contributed by atoms with E-state index in [1.165, 1.54) is 22.6 Å². The topological polar surface area (TPSA) is 120 Å². The average Bonchev–Trinajstić information content (AvgIpc) is 3.29. The van der Waals surface area contributed by atoms with Gasteiger partial charge in [-0.05, 0) is 36.4 Å². The Bertz CT molecular complexity index is 1160. The van der Waals surface area contributed by atoms with Crippen molar-refractivity contribution in [3.8, 4) is 0 Å². The highest BCUT2D eigenvalue weighted by Crippen LogP contribution is 2.26. The molecule has 12 heteroatoms. The Morgan fingerprint density at radius 1 is 1.03 bits per heavy atom. The minimum absolute atomic E-state index is 0.150. The molecule has 10 nitrogen and oxygen atoms in total. The maximum atomic E-state index is 13.0. The first-order chi connectivity index (χ1) is 15.4. The van der Waals surface area contributed by atoms with Crippen molar-refractivity contribution >= 4 is 44.7 Å². The molecule has 4 rings (SSSR count). The van der Waals surface area contributed by atoms with Gasteiger partial charge in [-0.15, -0.1) is 21.5 Å². The number of carbonyl (C=O) groups is 1. The number of nitrogens with one attached hydrogen (secondary N) is 2. The lowest BCUT2D eigenvalue weighted by atomic mass is 10.3. The summed E-state index contributed by atoms with van der Waals surface area (Å²) in [4.78, 5) is 18.1. The van der Waals surface area contributed by atoms with Crippen LogP contribution in [-0.2, 0) is 21.4 Å². The van der Waals surface area contributed by atoms with Crippen LogP contribution in [0.25, 0.3) is 0 Å². The fourth-order valence-corrected chi connectivity index (χ4v) is 6.09. The lowest BCUT2D eigenvalue weighted by Gasteiger charge is -2.34. The lowest BCUT2D eigenvalue weighted by Crippen LogP contribution is -2.48. The second-order valence-electron chi connectivity index (χ2n) is 7.14. The highest BCUT2D eigenvalue weighted by molar-refractivity contribution is 7.91. The molecule has 1 aliphatic heterocycles. The molecular weight excluding hydrogens is 450 g/mol. The van der Waals surface area contributed by atoms with Crippen LogP contribution in [0.4, 0.5) is 17.5 Å². The van der Waals surface area contributed by atoms with E-state index in [0.717, 1.165) is 4.88 Å². The summed E-state index contributed by atoms with van der Waals surface area (Å²) in [5.74, 6) is 1.81. The summed E-state index contributed by atoms with van der Waals surface area (Å²) in [5.41, 5.74) is 0. The van der Waals surface area contributed by atoms with Crippen molar-refractivity contribution in [2.75, 3.05) is 36.4 Å². The molecule has 0 radical (unpaired) electrons. The first kappa shape index (κ1) is 22.1. The average molecular weight is 474 g/mol. The van der Waals surface area contributed by atoms with E-state index in [1.54, 1.807) is 18.3 Å². The second-order valence-corrected chi connectivity index (χ2v) is 10.5. The molecule has 3 aromatic rings. The van der Waals surface area contributed by atoms with Gasteiger partial charge in [-0.2, -0.15) is 4.31 Å². The van der Waals surface area contributed by atoms with Crippen LogP contribution in [0.2, 0.25) is 0 Å². The van der Waals surface area contributed by atoms with Crippen LogP contribution in [-0.4, -0.2) is 60.0 Å². The number of aromatic nitrogens is 3. The predicted molar refractivity (Wildman–Crippen MR) is 122 cm³/mol. The number of sulfonamides is 1. The highest BCUT2D eigenvalue weighted by atomic mass is 32.2. The van der Waals surface area contributed by atoms with Gasteiger partial charge >= 0.3 is 0 Å². The van der Waals surface area contributed by atoms with Gasteiger partial charge < -0.3 is 15.5 Å². The van der Waals surface area contributed by atoms with Gasteiger partial charge in [0.1, 0.15) is 10.0 Å². The zero-order valence-corrected chi connectivity index (χ0v) is 19.1. The zero-order chi connectivity index (χ0) is 22.6. The molecule has 1 saturated heterocycles. The Kier molecular flexibility index (Phi) is 6.63. The Morgan fingerprint density at radius 2 is 1.84 bits per heavy atom. The van der Waals surface area contributed by atoms with Crippen molar-refractivity contribution in [2.24, 2.45) is 0 Å². The second kappa shape index (κ2) is 9.59. The van der Waals surface area contributed by atoms with Crippen LogP contribution in [0.5, 0.6) is 0 Å². The maximum absolute atomic E-state index is 13.0. The van der Waals surface area contributed by atoms with Gasteiger partial charge in [-0.3, -0.25) is 4.79 Å². The van der Waals surface area contributed by atoms with Crippen LogP contribution >= 0.6 is 11.3 Å². The summed E-state index contributed by atoms with van der Waals surface area (Å²) >= 11 is 1.18. The van der Waals surface area contributed by atoms with E-state index in [2.05, 4.69) is 25.8 Å². The van der Waals surface area contributed by atoms with Crippen LogP contribution < -0.4 is 15.5 Å². The molecule has 32 heavy (non-hydrogen) atoms. The first-order valence-electron chi connectivity index (χ1n) is 10.0. The molecule has 0 aromatic carbocycles. The zero-order valence-electron chi connectivity index (χ0n) is 17.4. The van der Waals surface area contributed by atoms with Crippen molar-refractivity contribution < 1.29 is 13.2 Å². The normalized spacial score (nSPS) is 14.8. The van der Waals surface area contributed by atoms with Gasteiger partial charge in [-0.25, -0.2) is 13.4 Å². The molecular formula is C20H23N7O3S2. The third kappa shape index (κ3) is 5.21. The molecule has 4 heterocycles. The Balaban J connectivity index is 1.35. The number of hydrogen-bond donors (Lipinski definition) is 2. The van der Waals surface area contributed by atoms with E-state index >= 15 is 0 Å². The molecule has 0 unspecified atom stereocenters. The van der Waals surface area contributed by atoms with Crippen molar-refractivity contribution in [1.29, 1.82) is 0 Å². The maximum Gasteiger partial charge on any atom is 0.252 e. The Morgan fingerprint density at radius 3 is 2.50 bits per heavy atom. The summed E-state index contributed by atoms with van der Waals surface area (Å²) in [6.45, 7) is 3.51. The molecule has 1 amide bonds. The van der Waals surface area contributed by atoms with E-state index in [9.17, 15) is 13.2 Å². The summed E-state index contributed by atoms with van der Waals surface area (Å²) < 4.78 is 27.8. The van der Waals surface area contributed by atoms with Crippen LogP contribution in [0.3, 0.4) is 0 Å². The van der Waals surface area contributed by atoms with E-state index in [-0.39, 0.29) is 10.1 Å². The molecule has 0 aliphatic carbocycles. The smallest absolute Gasteiger partial charge is 0.252 e. The lowest BCUT2D eigenvalue weighted by molar-refractivity contribution is -0.119. The number of hydrogen-bond acceptors (Lipinski definition) is 9. The van der Waals surface area contributed by atoms with Gasteiger partial charge in [0.05, 0.1) is 6.54 Å². The van der Waals surface area contributed by atoms with E-state index in [0.29, 0.717) is 50.2 Å². The highest BCUT2D eigenvalue weighted by Gasteiger charge is 2.30. The number of nitrogens with zero attached hydrogens (tertiary/aromatic N) is 5. The third-order valence-corrected chi connectivity index (χ3v) is 8.33. The quantitative estimate of drug-likeness (QED) is 0.533.